The minimum absolute atomic E-state index is 0.219. The predicted molar refractivity (Wildman–Crippen MR) is 397 cm³/mol. The molecule has 3 saturated heterocycles. The van der Waals surface area contributed by atoms with Crippen molar-refractivity contribution in [1.82, 2.24) is 5.32 Å². The normalized spacial score (nSPS) is 27.1. The summed E-state index contributed by atoms with van der Waals surface area (Å²) < 4.78 is 34.4. The molecule has 0 aromatic rings. The van der Waals surface area contributed by atoms with Crippen LogP contribution in [-0.4, -0.2) is 193 Å². The quantitative estimate of drug-likeness (QED) is 0.0199. The molecule has 19 nitrogen and oxygen atoms in total. The lowest BCUT2D eigenvalue weighted by molar-refractivity contribution is -0.379. The Bertz CT molecular complexity index is 2230. The maximum Gasteiger partial charge on any atom is 0.220 e. The van der Waals surface area contributed by atoms with Crippen molar-refractivity contribution in [2.75, 3.05) is 26.4 Å². The lowest BCUT2D eigenvalue weighted by Crippen LogP contribution is -2.66. The van der Waals surface area contributed by atoms with Gasteiger partial charge in [0.2, 0.25) is 5.91 Å². The van der Waals surface area contributed by atoms with Crippen LogP contribution in [0.4, 0.5) is 0 Å². The van der Waals surface area contributed by atoms with Gasteiger partial charge in [-0.3, -0.25) is 4.79 Å². The van der Waals surface area contributed by atoms with Crippen LogP contribution in [0.15, 0.2) is 109 Å². The average molecular weight is 1410 g/mol. The zero-order chi connectivity index (χ0) is 72.5. The number of hydrogen-bond donors (Lipinski definition) is 12. The van der Waals surface area contributed by atoms with Gasteiger partial charge in [0.1, 0.15) is 73.2 Å². The van der Waals surface area contributed by atoms with E-state index in [0.29, 0.717) is 6.42 Å². The van der Waals surface area contributed by atoms with Crippen LogP contribution in [0.5, 0.6) is 0 Å². The molecule has 17 atom stereocenters. The molecule has 3 fully saturated rings. The van der Waals surface area contributed by atoms with E-state index in [1.54, 1.807) is 6.08 Å². The third kappa shape index (κ3) is 40.6. The highest BCUT2D eigenvalue weighted by Crippen LogP contribution is 2.33. The molecule has 3 rings (SSSR count). The van der Waals surface area contributed by atoms with Crippen molar-refractivity contribution < 1.29 is 89.4 Å². The number of aliphatic hydroxyl groups is 11. The van der Waals surface area contributed by atoms with Gasteiger partial charge >= 0.3 is 0 Å². The molecule has 0 radical (unpaired) electrons. The van der Waals surface area contributed by atoms with Gasteiger partial charge in [-0.05, 0) is 83.5 Å². The van der Waals surface area contributed by atoms with Crippen molar-refractivity contribution in [3.8, 4) is 0 Å². The number of aliphatic hydroxyl groups excluding tert-OH is 11. The van der Waals surface area contributed by atoms with Gasteiger partial charge in [0.25, 0.3) is 0 Å². The molecular formula is C81H139NO18. The first-order valence-electron chi connectivity index (χ1n) is 39.1. The Morgan fingerprint density at radius 2 is 0.690 bits per heavy atom. The molecule has 3 heterocycles. The van der Waals surface area contributed by atoms with Crippen LogP contribution in [0, 0.1) is 0 Å². The van der Waals surface area contributed by atoms with Gasteiger partial charge in [0.05, 0.1) is 38.6 Å². The monoisotopic (exact) mass is 1410 g/mol. The van der Waals surface area contributed by atoms with Crippen LogP contribution in [0.3, 0.4) is 0 Å². The standard InChI is InChI=1S/C81H139NO18/c1-3-5-7-9-11-13-15-17-19-21-23-25-27-29-30-31-32-33-34-35-37-39-41-43-45-47-49-51-53-55-57-59-69(87)82-64(65(86)58-56-54-52-50-48-46-44-42-40-38-36-28-26-24-22-20-18-16-14-12-10-8-6-4-2)63-95-79-75(93)72(90)77(67(61-84)97-79)100-81-76(94)73(91)78(68(62-85)98-81)99-80-74(92)71(89)70(88)66(60-83)96-80/h5,7,11,13,17,19,23,25,29-30,32-33,35,37,41,43,56,58,64-68,70-81,83-86,88-94H,3-4,6,8-10,12,14-16,18,20-22,24,26-28,31,34,36,38-40,42,44-55,57,59-63H2,1-2H3,(H,82,87)/b7-5-,13-11-,19-17-,25-23-,30-29-,33-32-,37-35-,43-41-,58-56+. The van der Waals surface area contributed by atoms with Crippen LogP contribution in [0.25, 0.3) is 0 Å². The molecule has 576 valence electrons. The molecule has 0 bridgehead atoms. The van der Waals surface area contributed by atoms with Gasteiger partial charge in [0.15, 0.2) is 18.9 Å². The number of hydrogen-bond acceptors (Lipinski definition) is 18. The van der Waals surface area contributed by atoms with Crippen molar-refractivity contribution in [2.24, 2.45) is 0 Å². The van der Waals surface area contributed by atoms with Crippen LogP contribution in [-0.2, 0) is 33.2 Å². The highest BCUT2D eigenvalue weighted by molar-refractivity contribution is 5.76. The van der Waals surface area contributed by atoms with Crippen LogP contribution >= 0.6 is 0 Å². The smallest absolute Gasteiger partial charge is 0.220 e. The molecule has 0 aliphatic carbocycles. The van der Waals surface area contributed by atoms with Crippen LogP contribution in [0.2, 0.25) is 0 Å². The Morgan fingerprint density at radius 3 is 1.08 bits per heavy atom. The van der Waals surface area contributed by atoms with Crippen molar-refractivity contribution in [2.45, 2.75) is 369 Å². The summed E-state index contributed by atoms with van der Waals surface area (Å²) in [5, 5.41) is 121. The molecule has 17 unspecified atom stereocenters. The fraction of sp³-hybridized carbons (Fsp3) is 0.765. The Labute approximate surface area is 602 Å². The number of nitrogens with one attached hydrogen (secondary N) is 1. The van der Waals surface area contributed by atoms with E-state index in [2.05, 4.69) is 116 Å². The van der Waals surface area contributed by atoms with E-state index in [0.717, 1.165) is 116 Å². The lowest BCUT2D eigenvalue weighted by Gasteiger charge is -2.48. The Morgan fingerprint density at radius 1 is 0.370 bits per heavy atom. The van der Waals surface area contributed by atoms with Gasteiger partial charge in [-0.15, -0.1) is 0 Å². The summed E-state index contributed by atoms with van der Waals surface area (Å²) in [4.78, 5) is 13.5. The van der Waals surface area contributed by atoms with Gasteiger partial charge in [-0.25, -0.2) is 0 Å². The second kappa shape index (κ2) is 60.7. The van der Waals surface area contributed by atoms with Gasteiger partial charge in [-0.2, -0.15) is 0 Å². The first-order valence-corrected chi connectivity index (χ1v) is 39.1. The number of rotatable bonds is 60. The lowest BCUT2D eigenvalue weighted by atomic mass is 9.96. The first kappa shape index (κ1) is 90.7. The fourth-order valence-corrected chi connectivity index (χ4v) is 12.6. The van der Waals surface area contributed by atoms with Crippen molar-refractivity contribution in [1.29, 1.82) is 0 Å². The number of carbonyl (C=O) groups excluding carboxylic acids is 1. The molecule has 0 saturated carbocycles. The fourth-order valence-electron chi connectivity index (χ4n) is 12.6. The van der Waals surface area contributed by atoms with E-state index in [1.807, 2.05) is 6.08 Å². The van der Waals surface area contributed by atoms with Gasteiger partial charge in [0, 0.05) is 6.42 Å². The van der Waals surface area contributed by atoms with E-state index in [4.69, 9.17) is 28.4 Å². The molecule has 3 aliphatic heterocycles. The van der Waals surface area contributed by atoms with Crippen molar-refractivity contribution >= 4 is 5.91 Å². The SMILES string of the molecule is CC/C=C\C/C=C\C/C=C\C/C=C\C/C=C\C/C=C\C/C=C\C/C=C\CCCCCCCCC(=O)NC(COC1OC(CO)C(OC2OC(CO)C(OC3OC(CO)C(O)C(O)C3O)C(O)C2O)C(O)C1O)C(O)/C=C/CCCCCCCCCCCCCCCCCCCCCCCC. The molecule has 12 N–H and O–H groups in total. The van der Waals surface area contributed by atoms with E-state index in [9.17, 15) is 61.0 Å². The summed E-state index contributed by atoms with van der Waals surface area (Å²) in [6, 6.07) is -0.991. The van der Waals surface area contributed by atoms with E-state index < -0.39 is 124 Å². The van der Waals surface area contributed by atoms with Gasteiger partial charge in [-0.1, -0.05) is 284 Å². The zero-order valence-electron chi connectivity index (χ0n) is 61.4. The minimum Gasteiger partial charge on any atom is -0.394 e. The summed E-state index contributed by atoms with van der Waals surface area (Å²) in [7, 11) is 0. The number of carbonyl (C=O) groups is 1. The topological polar surface area (TPSA) is 307 Å². The largest absolute Gasteiger partial charge is 0.394 e. The number of ether oxygens (including phenoxy) is 6. The molecule has 100 heavy (non-hydrogen) atoms. The maximum atomic E-state index is 13.5. The number of amides is 1. The molecule has 1 amide bonds. The summed E-state index contributed by atoms with van der Waals surface area (Å²) in [6.45, 7) is 1.62. The third-order valence-electron chi connectivity index (χ3n) is 18.8. The first-order chi connectivity index (χ1) is 48.8. The van der Waals surface area contributed by atoms with Crippen molar-refractivity contribution in [3.63, 3.8) is 0 Å². The predicted octanol–water partition coefficient (Wildman–Crippen LogP) is 12.6. The molecule has 0 aromatic carbocycles. The van der Waals surface area contributed by atoms with E-state index >= 15 is 0 Å². The average Bonchev–Trinajstić information content (AvgIpc) is 0.783. The molecule has 0 aromatic heterocycles. The Hall–Kier alpha value is -3.55. The summed E-state index contributed by atoms with van der Waals surface area (Å²) in [6.07, 6.45) is 56.2. The molecule has 0 spiro atoms. The highest BCUT2D eigenvalue weighted by Gasteiger charge is 2.53. The second-order valence-corrected chi connectivity index (χ2v) is 27.4. The van der Waals surface area contributed by atoms with Crippen LogP contribution in [0.1, 0.15) is 264 Å². The second-order valence-electron chi connectivity index (χ2n) is 27.4. The Kier molecular flexibility index (Phi) is 55.0. The summed E-state index contributed by atoms with van der Waals surface area (Å²) in [5.41, 5.74) is 0. The summed E-state index contributed by atoms with van der Waals surface area (Å²) in [5.74, 6) is -0.292. The van der Waals surface area contributed by atoms with Gasteiger partial charge < -0.3 is 89.9 Å². The van der Waals surface area contributed by atoms with E-state index in [1.165, 1.54) is 122 Å². The Balaban J connectivity index is 1.41. The molecule has 19 heteroatoms. The minimum atomic E-state index is -1.99. The molecule has 3 aliphatic rings. The maximum absolute atomic E-state index is 13.5. The number of allylic oxidation sites excluding steroid dienone is 17. The zero-order valence-corrected chi connectivity index (χ0v) is 61.4. The molecular weight excluding hydrogens is 1270 g/mol. The highest BCUT2D eigenvalue weighted by atomic mass is 16.8. The van der Waals surface area contributed by atoms with E-state index in [-0.39, 0.29) is 18.9 Å². The third-order valence-corrected chi connectivity index (χ3v) is 18.8. The number of unbranched alkanes of at least 4 members (excludes halogenated alkanes) is 28. The van der Waals surface area contributed by atoms with Crippen molar-refractivity contribution in [3.05, 3.63) is 109 Å². The van der Waals surface area contributed by atoms with Crippen LogP contribution < -0.4 is 5.32 Å². The summed E-state index contributed by atoms with van der Waals surface area (Å²) >= 11 is 0.